The Morgan fingerprint density at radius 2 is 1.57 bits per heavy atom. The third-order valence-corrected chi connectivity index (χ3v) is 5.53. The molecule has 154 valence electrons. The molecule has 0 spiro atoms. The van der Waals surface area contributed by atoms with Gasteiger partial charge in [-0.3, -0.25) is 9.59 Å². The number of rotatable bonds is 7. The molecule has 0 saturated carbocycles. The van der Waals surface area contributed by atoms with Gasteiger partial charge >= 0.3 is 5.97 Å². The maximum atomic E-state index is 12.8. The van der Waals surface area contributed by atoms with Crippen molar-refractivity contribution < 1.29 is 19.1 Å². The standard InChI is InChI=1S/C23H22N2O4S/c1-3-29-23(28)19-15(2)20(21(27)24-17-12-8-5-9-13-17)30-22(19)25-18(26)14-16-10-6-4-7-11-16/h4-13H,3,14H2,1-2H3,(H,24,27)(H,25,26). The van der Waals surface area contributed by atoms with Crippen molar-refractivity contribution in [2.45, 2.75) is 20.3 Å². The molecule has 0 radical (unpaired) electrons. The van der Waals surface area contributed by atoms with Crippen LogP contribution in [0.1, 0.15) is 38.1 Å². The highest BCUT2D eigenvalue weighted by atomic mass is 32.1. The Kier molecular flexibility index (Phi) is 6.98. The van der Waals surface area contributed by atoms with Crippen LogP contribution in [0.4, 0.5) is 10.7 Å². The molecule has 0 unspecified atom stereocenters. The van der Waals surface area contributed by atoms with Gasteiger partial charge in [0.05, 0.1) is 23.5 Å². The molecule has 3 aromatic rings. The van der Waals surface area contributed by atoms with Gasteiger partial charge in [0, 0.05) is 5.69 Å². The van der Waals surface area contributed by atoms with Crippen LogP contribution < -0.4 is 10.6 Å². The molecule has 0 fully saturated rings. The van der Waals surface area contributed by atoms with E-state index in [0.29, 0.717) is 21.1 Å². The van der Waals surface area contributed by atoms with Crippen LogP contribution in [0.25, 0.3) is 0 Å². The lowest BCUT2D eigenvalue weighted by Crippen LogP contribution is -2.16. The van der Waals surface area contributed by atoms with Crippen molar-refractivity contribution in [2.75, 3.05) is 17.2 Å². The summed E-state index contributed by atoms with van der Waals surface area (Å²) >= 11 is 1.06. The molecular formula is C23H22N2O4S. The summed E-state index contributed by atoms with van der Waals surface area (Å²) in [6.45, 7) is 3.57. The third kappa shape index (κ3) is 5.12. The molecule has 1 heterocycles. The van der Waals surface area contributed by atoms with E-state index < -0.39 is 5.97 Å². The number of para-hydroxylation sites is 1. The van der Waals surface area contributed by atoms with E-state index in [0.717, 1.165) is 16.9 Å². The topological polar surface area (TPSA) is 84.5 Å². The normalized spacial score (nSPS) is 10.3. The van der Waals surface area contributed by atoms with E-state index >= 15 is 0 Å². The van der Waals surface area contributed by atoms with Crippen LogP contribution in [0.15, 0.2) is 60.7 Å². The lowest BCUT2D eigenvalue weighted by atomic mass is 10.1. The molecule has 2 amide bonds. The molecule has 0 bridgehead atoms. The molecule has 0 atom stereocenters. The van der Waals surface area contributed by atoms with Crippen LogP contribution in [0.2, 0.25) is 0 Å². The zero-order valence-corrected chi connectivity index (χ0v) is 17.5. The summed E-state index contributed by atoms with van der Waals surface area (Å²) in [5.74, 6) is -1.19. The predicted molar refractivity (Wildman–Crippen MR) is 118 cm³/mol. The quantitative estimate of drug-likeness (QED) is 0.542. The average Bonchev–Trinajstić information content (AvgIpc) is 3.05. The summed E-state index contributed by atoms with van der Waals surface area (Å²) in [5.41, 5.74) is 2.18. The number of nitrogens with one attached hydrogen (secondary N) is 2. The summed E-state index contributed by atoms with van der Waals surface area (Å²) in [4.78, 5) is 38.2. The second-order valence-electron chi connectivity index (χ2n) is 6.51. The maximum absolute atomic E-state index is 12.8. The van der Waals surface area contributed by atoms with Gasteiger partial charge in [-0.2, -0.15) is 0 Å². The van der Waals surface area contributed by atoms with Crippen molar-refractivity contribution in [2.24, 2.45) is 0 Å². The summed E-state index contributed by atoms with van der Waals surface area (Å²) in [7, 11) is 0. The molecule has 0 aliphatic carbocycles. The van der Waals surface area contributed by atoms with Crippen molar-refractivity contribution in [3.63, 3.8) is 0 Å². The zero-order chi connectivity index (χ0) is 21.5. The number of esters is 1. The molecule has 30 heavy (non-hydrogen) atoms. The van der Waals surface area contributed by atoms with E-state index in [9.17, 15) is 14.4 Å². The van der Waals surface area contributed by atoms with Crippen molar-refractivity contribution in [1.29, 1.82) is 0 Å². The van der Waals surface area contributed by atoms with Gasteiger partial charge in [0.15, 0.2) is 0 Å². The van der Waals surface area contributed by atoms with E-state index in [1.807, 2.05) is 48.5 Å². The van der Waals surface area contributed by atoms with Gasteiger partial charge in [0.25, 0.3) is 5.91 Å². The first-order valence-corrected chi connectivity index (χ1v) is 10.3. The number of carbonyl (C=O) groups excluding carboxylic acids is 3. The molecule has 6 nitrogen and oxygen atoms in total. The van der Waals surface area contributed by atoms with Gasteiger partial charge in [-0.25, -0.2) is 4.79 Å². The Labute approximate surface area is 178 Å². The third-order valence-electron chi connectivity index (χ3n) is 4.32. The van der Waals surface area contributed by atoms with Crippen LogP contribution in [0.3, 0.4) is 0 Å². The van der Waals surface area contributed by atoms with Crippen molar-refractivity contribution in [3.05, 3.63) is 82.2 Å². The Balaban J connectivity index is 1.87. The lowest BCUT2D eigenvalue weighted by molar-refractivity contribution is -0.115. The second-order valence-corrected chi connectivity index (χ2v) is 7.53. The lowest BCUT2D eigenvalue weighted by Gasteiger charge is -2.07. The summed E-state index contributed by atoms with van der Waals surface area (Å²) in [5, 5.41) is 5.90. The van der Waals surface area contributed by atoms with Crippen LogP contribution in [-0.4, -0.2) is 24.4 Å². The molecule has 1 aromatic heterocycles. The first-order chi connectivity index (χ1) is 14.5. The van der Waals surface area contributed by atoms with E-state index in [4.69, 9.17) is 4.74 Å². The first-order valence-electron chi connectivity index (χ1n) is 9.50. The second kappa shape index (κ2) is 9.84. The van der Waals surface area contributed by atoms with E-state index in [1.54, 1.807) is 26.0 Å². The van der Waals surface area contributed by atoms with Gasteiger partial charge < -0.3 is 15.4 Å². The fourth-order valence-electron chi connectivity index (χ4n) is 2.93. The smallest absolute Gasteiger partial charge is 0.341 e. The monoisotopic (exact) mass is 422 g/mol. The fourth-order valence-corrected chi connectivity index (χ4v) is 4.03. The maximum Gasteiger partial charge on any atom is 0.341 e. The molecule has 3 rings (SSSR count). The van der Waals surface area contributed by atoms with Crippen LogP contribution in [-0.2, 0) is 16.0 Å². The Morgan fingerprint density at radius 3 is 2.20 bits per heavy atom. The summed E-state index contributed by atoms with van der Waals surface area (Å²) < 4.78 is 5.15. The molecule has 0 aliphatic rings. The molecule has 0 aliphatic heterocycles. The van der Waals surface area contributed by atoms with E-state index in [2.05, 4.69) is 10.6 Å². The SMILES string of the molecule is CCOC(=O)c1c(NC(=O)Cc2ccccc2)sc(C(=O)Nc2ccccc2)c1C. The number of ether oxygens (including phenoxy) is 1. The number of thiophene rings is 1. The van der Waals surface area contributed by atoms with Gasteiger partial charge in [-0.1, -0.05) is 48.5 Å². The minimum Gasteiger partial charge on any atom is -0.462 e. The summed E-state index contributed by atoms with van der Waals surface area (Å²) in [6, 6.07) is 18.3. The minimum absolute atomic E-state index is 0.158. The highest BCUT2D eigenvalue weighted by Crippen LogP contribution is 2.34. The largest absolute Gasteiger partial charge is 0.462 e. The minimum atomic E-state index is -0.569. The Bertz CT molecular complexity index is 1050. The molecule has 0 saturated heterocycles. The number of anilines is 2. The molecular weight excluding hydrogens is 400 g/mol. The van der Waals surface area contributed by atoms with Crippen molar-refractivity contribution in [3.8, 4) is 0 Å². The van der Waals surface area contributed by atoms with Crippen LogP contribution in [0, 0.1) is 6.92 Å². The highest BCUT2D eigenvalue weighted by molar-refractivity contribution is 7.18. The van der Waals surface area contributed by atoms with Crippen LogP contribution in [0.5, 0.6) is 0 Å². The number of hydrogen-bond donors (Lipinski definition) is 2. The fraction of sp³-hybridized carbons (Fsp3) is 0.174. The Hall–Kier alpha value is -3.45. The predicted octanol–water partition coefficient (Wildman–Crippen LogP) is 4.67. The number of benzene rings is 2. The van der Waals surface area contributed by atoms with Gasteiger partial charge in [0.1, 0.15) is 5.00 Å². The molecule has 7 heteroatoms. The van der Waals surface area contributed by atoms with Gasteiger partial charge in [-0.05, 0) is 37.1 Å². The van der Waals surface area contributed by atoms with Crippen LogP contribution >= 0.6 is 11.3 Å². The summed E-state index contributed by atoms with van der Waals surface area (Å²) in [6.07, 6.45) is 0.158. The first kappa shape index (κ1) is 21.3. The highest BCUT2D eigenvalue weighted by Gasteiger charge is 2.26. The molecule has 2 aromatic carbocycles. The average molecular weight is 423 g/mol. The van der Waals surface area contributed by atoms with Gasteiger partial charge in [0.2, 0.25) is 5.91 Å². The molecule has 2 N–H and O–H groups in total. The van der Waals surface area contributed by atoms with E-state index in [-0.39, 0.29) is 30.4 Å². The number of carbonyl (C=O) groups is 3. The van der Waals surface area contributed by atoms with E-state index in [1.165, 1.54) is 0 Å². The zero-order valence-electron chi connectivity index (χ0n) is 16.7. The van der Waals surface area contributed by atoms with Gasteiger partial charge in [-0.15, -0.1) is 11.3 Å². The Morgan fingerprint density at radius 1 is 0.933 bits per heavy atom. The number of hydrogen-bond acceptors (Lipinski definition) is 5. The van der Waals surface area contributed by atoms with Crippen molar-refractivity contribution >= 4 is 39.8 Å². The number of amides is 2. The van der Waals surface area contributed by atoms with Crippen molar-refractivity contribution in [1.82, 2.24) is 0 Å².